The number of nitrogens with zero attached hydrogens (tertiary/aromatic N) is 4. The number of nitrogens with one attached hydrogen (secondary N) is 2. The first-order valence-corrected chi connectivity index (χ1v) is 9.36. The van der Waals surface area contributed by atoms with E-state index in [4.69, 9.17) is 0 Å². The first-order chi connectivity index (χ1) is 13.1. The summed E-state index contributed by atoms with van der Waals surface area (Å²) in [4.78, 5) is 18.1. The molecule has 8 heteroatoms. The van der Waals surface area contributed by atoms with Gasteiger partial charge in [-0.2, -0.15) is 5.10 Å². The zero-order valence-electron chi connectivity index (χ0n) is 16.9. The molecular weight excluding hydrogens is 467 g/mol. The lowest BCUT2D eigenvalue weighted by Gasteiger charge is -2.15. The lowest BCUT2D eigenvalue weighted by Crippen LogP contribution is -2.43. The van der Waals surface area contributed by atoms with Crippen LogP contribution in [-0.4, -0.2) is 53.7 Å². The van der Waals surface area contributed by atoms with Crippen molar-refractivity contribution >= 4 is 35.8 Å². The molecule has 0 spiro atoms. The van der Waals surface area contributed by atoms with Crippen LogP contribution in [0.1, 0.15) is 30.9 Å². The summed E-state index contributed by atoms with van der Waals surface area (Å²) in [6, 6.07) is 10.1. The van der Waals surface area contributed by atoms with E-state index in [9.17, 15) is 4.79 Å². The van der Waals surface area contributed by atoms with Crippen LogP contribution in [0.2, 0.25) is 0 Å². The van der Waals surface area contributed by atoms with E-state index in [1.807, 2.05) is 29.1 Å². The molecule has 1 aromatic heterocycles. The predicted molar refractivity (Wildman–Crippen MR) is 124 cm³/mol. The van der Waals surface area contributed by atoms with Crippen molar-refractivity contribution in [1.82, 2.24) is 25.3 Å². The predicted octanol–water partition coefficient (Wildman–Crippen LogP) is 2.47. The fraction of sp³-hybridized carbons (Fsp3) is 0.450. The quantitative estimate of drug-likeness (QED) is 0.241. The number of carbonyl (C=O) groups is 1. The Bertz CT molecular complexity index is 730. The number of rotatable bonds is 9. The molecule has 0 fully saturated rings. The third-order valence-electron chi connectivity index (χ3n) is 4.15. The molecule has 154 valence electrons. The third-order valence-corrected chi connectivity index (χ3v) is 4.15. The second-order valence-corrected chi connectivity index (χ2v) is 6.56. The Balaban J connectivity index is 0.00000392. The van der Waals surface area contributed by atoms with Crippen LogP contribution in [0.4, 0.5) is 0 Å². The first-order valence-electron chi connectivity index (χ1n) is 9.36. The molecule has 1 heterocycles. The molecule has 0 saturated carbocycles. The Kier molecular flexibility index (Phi) is 11.2. The van der Waals surface area contributed by atoms with E-state index in [0.717, 1.165) is 24.9 Å². The second-order valence-electron chi connectivity index (χ2n) is 6.56. The van der Waals surface area contributed by atoms with E-state index in [0.29, 0.717) is 19.0 Å². The van der Waals surface area contributed by atoms with Gasteiger partial charge in [-0.3, -0.25) is 9.48 Å². The van der Waals surface area contributed by atoms with Gasteiger partial charge in [0.2, 0.25) is 5.91 Å². The van der Waals surface area contributed by atoms with Gasteiger partial charge >= 0.3 is 0 Å². The number of halogens is 1. The topological polar surface area (TPSA) is 74.5 Å². The van der Waals surface area contributed by atoms with Crippen molar-refractivity contribution in [2.75, 3.05) is 27.2 Å². The molecule has 1 aromatic carbocycles. The molecule has 0 unspecified atom stereocenters. The standard InChI is InChI=1S/C20H30N6O.HI/c1-4-5-11-21-20(23-15-19(27)25(2)3)22-14-17-9-6-7-10-18(17)16-26-13-8-12-24-26;/h6-10,12-13H,4-5,11,14-16H2,1-3H3,(H2,21,22,23);1H. The molecule has 0 radical (unpaired) electrons. The minimum atomic E-state index is 0. The van der Waals surface area contributed by atoms with Gasteiger partial charge in [0, 0.05) is 33.0 Å². The average molecular weight is 498 g/mol. The van der Waals surface area contributed by atoms with Crippen molar-refractivity contribution in [3.63, 3.8) is 0 Å². The number of aromatic nitrogens is 2. The minimum Gasteiger partial charge on any atom is -0.356 e. The lowest BCUT2D eigenvalue weighted by atomic mass is 10.1. The molecule has 0 aliphatic heterocycles. The Labute approximate surface area is 184 Å². The molecule has 2 N–H and O–H groups in total. The average Bonchev–Trinajstić information content (AvgIpc) is 3.17. The van der Waals surface area contributed by atoms with E-state index < -0.39 is 0 Å². The van der Waals surface area contributed by atoms with Crippen molar-refractivity contribution in [2.24, 2.45) is 4.99 Å². The van der Waals surface area contributed by atoms with Crippen molar-refractivity contribution < 1.29 is 4.79 Å². The monoisotopic (exact) mass is 498 g/mol. The van der Waals surface area contributed by atoms with E-state index in [2.05, 4.69) is 39.8 Å². The molecule has 28 heavy (non-hydrogen) atoms. The van der Waals surface area contributed by atoms with Crippen molar-refractivity contribution in [1.29, 1.82) is 0 Å². The van der Waals surface area contributed by atoms with Gasteiger partial charge in [0.15, 0.2) is 5.96 Å². The lowest BCUT2D eigenvalue weighted by molar-refractivity contribution is -0.127. The fourth-order valence-corrected chi connectivity index (χ4v) is 2.47. The van der Waals surface area contributed by atoms with Crippen LogP contribution in [0.3, 0.4) is 0 Å². The van der Waals surface area contributed by atoms with E-state index in [1.165, 1.54) is 5.56 Å². The van der Waals surface area contributed by atoms with Crippen LogP contribution in [-0.2, 0) is 17.9 Å². The maximum Gasteiger partial charge on any atom is 0.241 e. The van der Waals surface area contributed by atoms with Crippen LogP contribution in [0.5, 0.6) is 0 Å². The molecule has 0 aliphatic carbocycles. The number of amides is 1. The SMILES string of the molecule is CCCCNC(=NCc1ccccc1Cn1cccn1)NCC(=O)N(C)C.I. The normalized spacial score (nSPS) is 10.9. The van der Waals surface area contributed by atoms with Gasteiger partial charge in [-0.1, -0.05) is 37.6 Å². The smallest absolute Gasteiger partial charge is 0.241 e. The van der Waals surface area contributed by atoms with Crippen molar-refractivity contribution in [3.05, 3.63) is 53.9 Å². The van der Waals surface area contributed by atoms with Gasteiger partial charge in [-0.25, -0.2) is 4.99 Å². The number of carbonyl (C=O) groups excluding carboxylic acids is 1. The number of likely N-dealkylation sites (N-methyl/N-ethyl adjacent to an activating group) is 1. The number of aliphatic imine (C=N–C) groups is 1. The van der Waals surface area contributed by atoms with Crippen LogP contribution in [0, 0.1) is 0 Å². The maximum atomic E-state index is 11.9. The van der Waals surface area contributed by atoms with Gasteiger partial charge < -0.3 is 15.5 Å². The number of hydrogen-bond acceptors (Lipinski definition) is 3. The molecule has 7 nitrogen and oxygen atoms in total. The van der Waals surface area contributed by atoms with Crippen LogP contribution >= 0.6 is 24.0 Å². The molecule has 2 aromatic rings. The highest BCUT2D eigenvalue weighted by Crippen LogP contribution is 2.11. The van der Waals surface area contributed by atoms with Crippen LogP contribution in [0.25, 0.3) is 0 Å². The summed E-state index contributed by atoms with van der Waals surface area (Å²) in [5, 5.41) is 10.7. The molecular formula is C20H31IN6O. The summed E-state index contributed by atoms with van der Waals surface area (Å²) >= 11 is 0. The first kappa shape index (κ1) is 23.9. The largest absolute Gasteiger partial charge is 0.356 e. The zero-order valence-corrected chi connectivity index (χ0v) is 19.2. The highest BCUT2D eigenvalue weighted by molar-refractivity contribution is 14.0. The molecule has 1 amide bonds. The molecule has 0 aliphatic rings. The molecule has 0 atom stereocenters. The van der Waals surface area contributed by atoms with Crippen molar-refractivity contribution in [3.8, 4) is 0 Å². The van der Waals surface area contributed by atoms with Gasteiger partial charge in [0.1, 0.15) is 0 Å². The van der Waals surface area contributed by atoms with E-state index in [1.54, 1.807) is 25.2 Å². The molecule has 0 saturated heterocycles. The third kappa shape index (κ3) is 8.28. The van der Waals surface area contributed by atoms with Gasteiger partial charge in [-0.15, -0.1) is 24.0 Å². The summed E-state index contributed by atoms with van der Waals surface area (Å²) in [5.74, 6) is 0.673. The Hall–Kier alpha value is -2.10. The van der Waals surface area contributed by atoms with E-state index >= 15 is 0 Å². The van der Waals surface area contributed by atoms with Gasteiger partial charge in [0.05, 0.1) is 19.6 Å². The zero-order chi connectivity index (χ0) is 19.5. The highest BCUT2D eigenvalue weighted by atomic mass is 127. The van der Waals surface area contributed by atoms with Crippen LogP contribution in [0.15, 0.2) is 47.7 Å². The number of unbranched alkanes of at least 4 members (excludes halogenated alkanes) is 1. The van der Waals surface area contributed by atoms with Crippen LogP contribution < -0.4 is 10.6 Å². The van der Waals surface area contributed by atoms with Gasteiger partial charge in [-0.05, 0) is 23.6 Å². The van der Waals surface area contributed by atoms with Crippen molar-refractivity contribution in [2.45, 2.75) is 32.9 Å². The summed E-state index contributed by atoms with van der Waals surface area (Å²) in [5.41, 5.74) is 2.32. The highest BCUT2D eigenvalue weighted by Gasteiger charge is 2.07. The second kappa shape index (κ2) is 13.1. The maximum absolute atomic E-state index is 11.9. The summed E-state index contributed by atoms with van der Waals surface area (Å²) < 4.78 is 1.90. The molecule has 0 bridgehead atoms. The number of hydrogen-bond donors (Lipinski definition) is 2. The summed E-state index contributed by atoms with van der Waals surface area (Å²) in [7, 11) is 3.49. The summed E-state index contributed by atoms with van der Waals surface area (Å²) in [6.45, 7) is 4.44. The number of guanidine groups is 1. The Morgan fingerprint density at radius 1 is 1.18 bits per heavy atom. The van der Waals surface area contributed by atoms with Gasteiger partial charge in [0.25, 0.3) is 0 Å². The molecule has 2 rings (SSSR count). The fourth-order valence-electron chi connectivity index (χ4n) is 2.47. The summed E-state index contributed by atoms with van der Waals surface area (Å²) in [6.07, 6.45) is 5.89. The minimum absolute atomic E-state index is 0. The Morgan fingerprint density at radius 3 is 2.57 bits per heavy atom. The number of benzene rings is 1. The Morgan fingerprint density at radius 2 is 1.93 bits per heavy atom. The van der Waals surface area contributed by atoms with E-state index in [-0.39, 0.29) is 36.4 Å².